The number of pyridine rings is 1. The summed E-state index contributed by atoms with van der Waals surface area (Å²) < 4.78 is 4.52. The molecule has 3 heterocycles. The molecule has 10 aromatic rings. The minimum absolute atomic E-state index is 0.557. The third-order valence-electron chi connectivity index (χ3n) is 10.7. The number of aromatic nitrogens is 3. The lowest BCUT2D eigenvalue weighted by Crippen LogP contribution is -2.05. The van der Waals surface area contributed by atoms with E-state index >= 15 is 0 Å². The molecular weight excluding hydrogens is 685 g/mol. The molecule has 0 atom stereocenters. The van der Waals surface area contributed by atoms with Crippen molar-refractivity contribution in [3.63, 3.8) is 0 Å². The highest BCUT2D eigenvalue weighted by Crippen LogP contribution is 2.43. The zero-order valence-corrected chi connectivity index (χ0v) is 29.8. The van der Waals surface area contributed by atoms with Crippen LogP contribution in [0.3, 0.4) is 0 Å². The van der Waals surface area contributed by atoms with E-state index in [1.165, 1.54) is 0 Å². The van der Waals surface area contributed by atoms with Crippen molar-refractivity contribution >= 4 is 43.6 Å². The van der Waals surface area contributed by atoms with Crippen LogP contribution in [0.2, 0.25) is 0 Å². The van der Waals surface area contributed by atoms with Crippen molar-refractivity contribution in [1.82, 2.24) is 14.1 Å². The molecule has 0 radical (unpaired) electrons. The summed E-state index contributed by atoms with van der Waals surface area (Å²) in [5.41, 5.74) is 13.1. The number of rotatable bonds is 5. The fourth-order valence-corrected chi connectivity index (χ4v) is 8.21. The molecule has 0 aliphatic carbocycles. The molecule has 7 aromatic carbocycles. The second-order valence-corrected chi connectivity index (χ2v) is 13.8. The summed E-state index contributed by atoms with van der Waals surface area (Å²) in [5, 5.41) is 34.0. The van der Waals surface area contributed by atoms with Gasteiger partial charge in [0, 0.05) is 32.7 Å². The van der Waals surface area contributed by atoms with E-state index in [1.807, 2.05) is 97.3 Å². The Labute approximate surface area is 322 Å². The Hall–Kier alpha value is -8.24. The normalized spacial score (nSPS) is 11.2. The first-order valence-corrected chi connectivity index (χ1v) is 18.2. The molecule has 0 aliphatic rings. The molecule has 0 spiro atoms. The van der Waals surface area contributed by atoms with Crippen LogP contribution in [0.4, 0.5) is 0 Å². The van der Waals surface area contributed by atoms with Crippen molar-refractivity contribution in [2.75, 3.05) is 0 Å². The molecule has 0 bridgehead atoms. The smallest absolute Gasteiger partial charge is 0.0998 e. The maximum atomic E-state index is 10.5. The van der Waals surface area contributed by atoms with Gasteiger partial charge in [0.1, 0.15) is 0 Å². The van der Waals surface area contributed by atoms with Crippen LogP contribution in [0.5, 0.6) is 0 Å². The van der Waals surface area contributed by atoms with Gasteiger partial charge in [-0.15, -0.1) is 0 Å². The van der Waals surface area contributed by atoms with E-state index in [-0.39, 0.29) is 0 Å². The van der Waals surface area contributed by atoms with Crippen molar-refractivity contribution < 1.29 is 0 Å². The highest BCUT2D eigenvalue weighted by Gasteiger charge is 2.24. The molecule has 258 valence electrons. The number of para-hydroxylation sites is 2. The zero-order chi connectivity index (χ0) is 37.8. The van der Waals surface area contributed by atoms with Crippen molar-refractivity contribution in [3.05, 3.63) is 187 Å². The maximum Gasteiger partial charge on any atom is 0.0998 e. The summed E-state index contributed by atoms with van der Waals surface area (Å²) >= 11 is 0. The van der Waals surface area contributed by atoms with Crippen LogP contribution in [-0.2, 0) is 0 Å². The highest BCUT2D eigenvalue weighted by molar-refractivity contribution is 6.13. The molecule has 0 aliphatic heterocycles. The fraction of sp³-hybridized carbons (Fsp3) is 0. The molecule has 0 unspecified atom stereocenters. The van der Waals surface area contributed by atoms with E-state index < -0.39 is 0 Å². The molecule has 0 fully saturated rings. The average Bonchev–Trinajstić information content (AvgIpc) is 3.78. The minimum Gasteiger partial charge on any atom is -0.307 e. The van der Waals surface area contributed by atoms with Gasteiger partial charge in [0.15, 0.2) is 0 Å². The van der Waals surface area contributed by atoms with E-state index in [2.05, 4.69) is 100 Å². The molecule has 6 heteroatoms. The van der Waals surface area contributed by atoms with Gasteiger partial charge in [0.2, 0.25) is 0 Å². The van der Waals surface area contributed by atoms with Crippen LogP contribution >= 0.6 is 0 Å². The van der Waals surface area contributed by atoms with Crippen LogP contribution in [0.1, 0.15) is 16.7 Å². The van der Waals surface area contributed by atoms with Gasteiger partial charge in [-0.05, 0) is 89.0 Å². The second kappa shape index (κ2) is 13.0. The van der Waals surface area contributed by atoms with Crippen LogP contribution in [0, 0.1) is 34.0 Å². The topological polar surface area (TPSA) is 94.1 Å². The minimum atomic E-state index is 0.557. The molecule has 0 amide bonds. The number of fused-ring (bicyclic) bond motifs is 6. The first-order valence-electron chi connectivity index (χ1n) is 18.2. The summed E-state index contributed by atoms with van der Waals surface area (Å²) in [6, 6.07) is 59.7. The monoisotopic (exact) mass is 712 g/mol. The van der Waals surface area contributed by atoms with E-state index in [1.54, 1.807) is 0 Å². The number of nitrogens with zero attached hydrogens (tertiary/aromatic N) is 6. The molecule has 56 heavy (non-hydrogen) atoms. The third-order valence-corrected chi connectivity index (χ3v) is 10.7. The van der Waals surface area contributed by atoms with Gasteiger partial charge in [-0.1, -0.05) is 91.0 Å². The number of hydrogen-bond donors (Lipinski definition) is 0. The van der Waals surface area contributed by atoms with Crippen LogP contribution < -0.4 is 0 Å². The van der Waals surface area contributed by atoms with E-state index in [0.717, 1.165) is 88.4 Å². The Bertz CT molecular complexity index is 3170. The largest absolute Gasteiger partial charge is 0.307 e. The van der Waals surface area contributed by atoms with Crippen LogP contribution in [0.25, 0.3) is 88.4 Å². The van der Waals surface area contributed by atoms with Gasteiger partial charge in [-0.3, -0.25) is 4.98 Å². The van der Waals surface area contributed by atoms with Crippen molar-refractivity contribution in [2.24, 2.45) is 0 Å². The molecule has 10 rings (SSSR count). The molecule has 0 saturated carbocycles. The lowest BCUT2D eigenvalue weighted by atomic mass is 9.97. The third kappa shape index (κ3) is 5.05. The standard InChI is InChI=1S/C50H28N6/c51-27-32-9-7-12-34(23-32)36-19-21-46-42(25-36)40-15-3-5-17-44(40)55(46)48-30-54-31-49(50(48)39-14-2-1-11-38(39)29-53)56-45-18-6-4-16-41(45)43-26-37(20-22-47(43)56)35-13-8-10-33(24-35)28-52/h1-26,30-31H. The predicted octanol–water partition coefficient (Wildman–Crippen LogP) is 11.9. The number of benzene rings is 7. The van der Waals surface area contributed by atoms with Gasteiger partial charge >= 0.3 is 0 Å². The Morgan fingerprint density at radius 1 is 0.393 bits per heavy atom. The summed E-state index contributed by atoms with van der Waals surface area (Å²) in [6.07, 6.45) is 3.80. The molecular formula is C50H28N6. The number of nitriles is 3. The van der Waals surface area contributed by atoms with Crippen molar-refractivity contribution in [3.8, 4) is 63.0 Å². The Kier molecular flexibility index (Phi) is 7.53. The highest BCUT2D eigenvalue weighted by atomic mass is 15.0. The SMILES string of the molecule is N#Cc1cccc(-c2ccc3c(c2)c2ccccc2n3-c2cncc(-n3c4ccccc4c4cc(-c5cccc(C#N)c5)ccc43)c2-c2ccccc2C#N)c1. The quantitative estimate of drug-likeness (QED) is 0.177. The maximum absolute atomic E-state index is 10.5. The first kappa shape index (κ1) is 32.4. The van der Waals surface area contributed by atoms with Crippen LogP contribution in [0.15, 0.2) is 170 Å². The van der Waals surface area contributed by atoms with Crippen LogP contribution in [-0.4, -0.2) is 14.1 Å². The predicted molar refractivity (Wildman–Crippen MR) is 223 cm³/mol. The van der Waals surface area contributed by atoms with Crippen molar-refractivity contribution in [2.45, 2.75) is 0 Å². The summed E-state index contributed by atoms with van der Waals surface area (Å²) in [5.74, 6) is 0. The fourth-order valence-electron chi connectivity index (χ4n) is 8.21. The number of hydrogen-bond acceptors (Lipinski definition) is 4. The first-order chi connectivity index (χ1) is 27.6. The summed E-state index contributed by atoms with van der Waals surface area (Å²) in [4.78, 5) is 4.95. The van der Waals surface area contributed by atoms with Gasteiger partial charge in [0.05, 0.1) is 80.7 Å². The van der Waals surface area contributed by atoms with E-state index in [4.69, 9.17) is 4.98 Å². The van der Waals surface area contributed by atoms with Gasteiger partial charge < -0.3 is 9.13 Å². The van der Waals surface area contributed by atoms with Gasteiger partial charge in [-0.2, -0.15) is 15.8 Å². The second-order valence-electron chi connectivity index (χ2n) is 13.8. The molecule has 0 N–H and O–H groups in total. The lowest BCUT2D eigenvalue weighted by Gasteiger charge is -2.20. The Balaban J connectivity index is 1.28. The molecule has 3 aromatic heterocycles. The summed E-state index contributed by atoms with van der Waals surface area (Å²) in [6.45, 7) is 0. The summed E-state index contributed by atoms with van der Waals surface area (Å²) in [7, 11) is 0. The van der Waals surface area contributed by atoms with E-state index in [9.17, 15) is 15.8 Å². The molecule has 6 nitrogen and oxygen atoms in total. The zero-order valence-electron chi connectivity index (χ0n) is 29.8. The molecule has 0 saturated heterocycles. The average molecular weight is 713 g/mol. The van der Waals surface area contributed by atoms with E-state index in [0.29, 0.717) is 16.7 Å². The van der Waals surface area contributed by atoms with Gasteiger partial charge in [-0.25, -0.2) is 0 Å². The van der Waals surface area contributed by atoms with Gasteiger partial charge in [0.25, 0.3) is 0 Å². The van der Waals surface area contributed by atoms with Crippen molar-refractivity contribution in [1.29, 1.82) is 15.8 Å². The lowest BCUT2D eigenvalue weighted by molar-refractivity contribution is 1.09. The Morgan fingerprint density at radius 3 is 1.38 bits per heavy atom. The Morgan fingerprint density at radius 2 is 0.857 bits per heavy atom.